The van der Waals surface area contributed by atoms with E-state index < -0.39 is 5.82 Å². The van der Waals surface area contributed by atoms with E-state index >= 15 is 0 Å². The minimum absolute atomic E-state index is 0.232. The van der Waals surface area contributed by atoms with Crippen LogP contribution in [0.4, 0.5) is 9.18 Å². The molecule has 8 heteroatoms. The predicted octanol–water partition coefficient (Wildman–Crippen LogP) is 1.63. The quantitative estimate of drug-likeness (QED) is 0.821. The Morgan fingerprint density at radius 3 is 3.22 bits per heavy atom. The lowest BCUT2D eigenvalue weighted by atomic mass is 10.0. The molecule has 0 spiro atoms. The van der Waals surface area contributed by atoms with Crippen LogP contribution in [0.5, 0.6) is 5.75 Å². The molecule has 0 fully saturated rings. The van der Waals surface area contributed by atoms with Crippen molar-refractivity contribution in [2.24, 2.45) is 0 Å². The zero-order valence-electron chi connectivity index (χ0n) is 12.5. The lowest BCUT2D eigenvalue weighted by Crippen LogP contribution is -2.40. The van der Waals surface area contributed by atoms with Crippen LogP contribution in [-0.2, 0) is 6.54 Å². The number of urea groups is 1. The van der Waals surface area contributed by atoms with Gasteiger partial charge >= 0.3 is 6.03 Å². The second-order valence-electron chi connectivity index (χ2n) is 5.27. The summed E-state index contributed by atoms with van der Waals surface area (Å²) >= 11 is 0. The maximum atomic E-state index is 13.7. The number of para-hydroxylation sites is 1. The Kier molecular flexibility index (Phi) is 4.70. The highest BCUT2D eigenvalue weighted by atomic mass is 19.1. The van der Waals surface area contributed by atoms with E-state index in [1.165, 1.54) is 6.07 Å². The summed E-state index contributed by atoms with van der Waals surface area (Å²) in [4.78, 5) is 12.0. The molecule has 23 heavy (non-hydrogen) atoms. The molecule has 2 heterocycles. The van der Waals surface area contributed by atoms with Crippen LogP contribution in [0.1, 0.15) is 24.4 Å². The van der Waals surface area contributed by atoms with Crippen LogP contribution < -0.4 is 15.4 Å². The van der Waals surface area contributed by atoms with Crippen LogP contribution in [-0.4, -0.2) is 34.2 Å². The average molecular weight is 319 g/mol. The van der Waals surface area contributed by atoms with Crippen molar-refractivity contribution in [1.82, 2.24) is 25.6 Å². The first-order valence-electron chi connectivity index (χ1n) is 7.54. The number of nitrogens with zero attached hydrogens (tertiary/aromatic N) is 3. The number of halogens is 1. The number of carbonyl (C=O) groups is 1. The molecule has 0 saturated heterocycles. The van der Waals surface area contributed by atoms with Crippen molar-refractivity contribution < 1.29 is 13.9 Å². The molecule has 0 unspecified atom stereocenters. The number of fused-ring (bicyclic) bond motifs is 1. The summed E-state index contributed by atoms with van der Waals surface area (Å²) in [5, 5.41) is 13.2. The maximum Gasteiger partial charge on any atom is 0.315 e. The lowest BCUT2D eigenvalue weighted by molar-refractivity contribution is 0.219. The van der Waals surface area contributed by atoms with Crippen LogP contribution in [0, 0.1) is 5.82 Å². The highest BCUT2D eigenvalue weighted by molar-refractivity contribution is 5.74. The van der Waals surface area contributed by atoms with E-state index in [2.05, 4.69) is 20.9 Å². The fourth-order valence-corrected chi connectivity index (χ4v) is 2.54. The van der Waals surface area contributed by atoms with Crippen molar-refractivity contribution in [3.8, 4) is 5.75 Å². The molecule has 1 aromatic carbocycles. The molecular weight excluding hydrogens is 301 g/mol. The number of amides is 2. The normalized spacial score (nSPS) is 16.3. The summed E-state index contributed by atoms with van der Waals surface area (Å²) in [5.41, 5.74) is 0.675. The van der Waals surface area contributed by atoms with Gasteiger partial charge in [0.15, 0.2) is 11.6 Å². The van der Waals surface area contributed by atoms with Gasteiger partial charge in [0.1, 0.15) is 0 Å². The first-order chi connectivity index (χ1) is 11.2. The topological polar surface area (TPSA) is 81.1 Å². The van der Waals surface area contributed by atoms with E-state index in [4.69, 9.17) is 4.74 Å². The summed E-state index contributed by atoms with van der Waals surface area (Å²) in [6, 6.07) is 4.22. The Balaban J connectivity index is 1.48. The van der Waals surface area contributed by atoms with Gasteiger partial charge in [-0.3, -0.25) is 4.68 Å². The molecule has 0 aliphatic carbocycles. The number of nitrogens with one attached hydrogen (secondary N) is 2. The van der Waals surface area contributed by atoms with Gasteiger partial charge < -0.3 is 15.4 Å². The number of rotatable bonds is 5. The second kappa shape index (κ2) is 7.08. The van der Waals surface area contributed by atoms with Crippen molar-refractivity contribution >= 4 is 6.03 Å². The van der Waals surface area contributed by atoms with Crippen molar-refractivity contribution in [2.45, 2.75) is 25.4 Å². The molecule has 1 aliphatic rings. The van der Waals surface area contributed by atoms with Crippen LogP contribution >= 0.6 is 0 Å². The van der Waals surface area contributed by atoms with Gasteiger partial charge in [-0.05, 0) is 12.5 Å². The minimum Gasteiger partial charge on any atom is -0.490 e. The van der Waals surface area contributed by atoms with Crippen LogP contribution in [0.2, 0.25) is 0 Å². The molecule has 2 amide bonds. The van der Waals surface area contributed by atoms with E-state index in [0.29, 0.717) is 31.7 Å². The van der Waals surface area contributed by atoms with E-state index in [1.807, 2.05) is 0 Å². The highest BCUT2D eigenvalue weighted by Gasteiger charge is 2.25. The lowest BCUT2D eigenvalue weighted by Gasteiger charge is -2.27. The molecule has 2 N–H and O–H groups in total. The average Bonchev–Trinajstić information content (AvgIpc) is 3.06. The van der Waals surface area contributed by atoms with Gasteiger partial charge in [0, 0.05) is 31.3 Å². The van der Waals surface area contributed by atoms with E-state index in [9.17, 15) is 9.18 Å². The van der Waals surface area contributed by atoms with Crippen molar-refractivity contribution in [2.75, 3.05) is 13.2 Å². The number of ether oxygens (including phenoxy) is 1. The standard InChI is InChI=1S/C15H18FN5O2/c16-12-4-1-3-11-13(5-10-23-14(11)12)19-15(22)17-6-2-8-21-9-7-18-20-21/h1,3-4,7,9,13H,2,5-6,8,10H2,(H2,17,19,22)/t13-/m0/s1. The second-order valence-corrected chi connectivity index (χ2v) is 5.27. The molecular formula is C15H18FN5O2. The molecule has 0 radical (unpaired) electrons. The van der Waals surface area contributed by atoms with Gasteiger partial charge in [-0.2, -0.15) is 0 Å². The highest BCUT2D eigenvalue weighted by Crippen LogP contribution is 2.33. The molecule has 3 rings (SSSR count). The van der Waals surface area contributed by atoms with Gasteiger partial charge in [-0.15, -0.1) is 5.10 Å². The molecule has 122 valence electrons. The zero-order chi connectivity index (χ0) is 16.1. The molecule has 1 atom stereocenters. The Bertz CT molecular complexity index is 662. The third-order valence-electron chi connectivity index (χ3n) is 3.65. The van der Waals surface area contributed by atoms with E-state index in [0.717, 1.165) is 6.42 Å². The van der Waals surface area contributed by atoms with E-state index in [-0.39, 0.29) is 17.8 Å². The number of carbonyl (C=O) groups excluding carboxylic acids is 1. The van der Waals surface area contributed by atoms with Crippen LogP contribution in [0.25, 0.3) is 0 Å². The van der Waals surface area contributed by atoms with Crippen molar-refractivity contribution in [3.05, 3.63) is 42.0 Å². The molecule has 1 aliphatic heterocycles. The smallest absolute Gasteiger partial charge is 0.315 e. The fraction of sp³-hybridized carbons (Fsp3) is 0.400. The molecule has 0 bridgehead atoms. The minimum atomic E-state index is -0.401. The predicted molar refractivity (Wildman–Crippen MR) is 80.4 cm³/mol. The summed E-state index contributed by atoms with van der Waals surface area (Å²) < 4.78 is 20.7. The Morgan fingerprint density at radius 1 is 1.48 bits per heavy atom. The van der Waals surface area contributed by atoms with Gasteiger partial charge in [0.25, 0.3) is 0 Å². The number of aryl methyl sites for hydroxylation is 1. The third kappa shape index (κ3) is 3.77. The summed E-state index contributed by atoms with van der Waals surface area (Å²) in [5.74, 6) is -0.169. The monoisotopic (exact) mass is 319 g/mol. The van der Waals surface area contributed by atoms with Crippen LogP contribution in [0.15, 0.2) is 30.6 Å². The number of aromatic nitrogens is 3. The summed E-state index contributed by atoms with van der Waals surface area (Å²) in [7, 11) is 0. The number of hydrogen-bond donors (Lipinski definition) is 2. The SMILES string of the molecule is O=C(NCCCn1ccnn1)N[C@H]1CCOc2c(F)cccc21. The molecule has 0 saturated carbocycles. The first-order valence-corrected chi connectivity index (χ1v) is 7.54. The van der Waals surface area contributed by atoms with Gasteiger partial charge in [-0.25, -0.2) is 9.18 Å². The number of hydrogen-bond acceptors (Lipinski definition) is 4. The van der Waals surface area contributed by atoms with Gasteiger partial charge in [0.05, 0.1) is 18.8 Å². The van der Waals surface area contributed by atoms with Gasteiger partial charge in [-0.1, -0.05) is 17.3 Å². The maximum absolute atomic E-state index is 13.7. The Hall–Kier alpha value is -2.64. The molecule has 1 aromatic heterocycles. The van der Waals surface area contributed by atoms with Gasteiger partial charge in [0.2, 0.25) is 0 Å². The fourth-order valence-electron chi connectivity index (χ4n) is 2.54. The van der Waals surface area contributed by atoms with Crippen molar-refractivity contribution in [3.63, 3.8) is 0 Å². The Labute approximate surface area is 132 Å². The Morgan fingerprint density at radius 2 is 2.39 bits per heavy atom. The summed E-state index contributed by atoms with van der Waals surface area (Å²) in [6.45, 7) is 1.59. The third-order valence-corrected chi connectivity index (χ3v) is 3.65. The first kappa shape index (κ1) is 15.3. The zero-order valence-corrected chi connectivity index (χ0v) is 12.5. The molecule has 7 nitrogen and oxygen atoms in total. The van der Waals surface area contributed by atoms with E-state index in [1.54, 1.807) is 29.2 Å². The number of benzene rings is 1. The largest absolute Gasteiger partial charge is 0.490 e. The van der Waals surface area contributed by atoms with Crippen LogP contribution in [0.3, 0.4) is 0 Å². The summed E-state index contributed by atoms with van der Waals surface area (Å²) in [6.07, 6.45) is 4.74. The molecule has 2 aromatic rings. The van der Waals surface area contributed by atoms with Crippen molar-refractivity contribution in [1.29, 1.82) is 0 Å².